The van der Waals surface area contributed by atoms with Crippen molar-refractivity contribution in [2.45, 2.75) is 30.7 Å². The number of ether oxygens (including phenoxy) is 5. The molecule has 1 saturated carbocycles. The Morgan fingerprint density at radius 1 is 0.857 bits per heavy atom. The number of hydrogen-bond donors (Lipinski definition) is 0. The number of benzene rings is 3. The number of para-hydroxylation sites is 1. The van der Waals surface area contributed by atoms with Crippen molar-refractivity contribution < 1.29 is 33.3 Å². The van der Waals surface area contributed by atoms with E-state index in [9.17, 15) is 0 Å². The molecule has 10 nitrogen and oxygen atoms in total. The average Bonchev–Trinajstić information content (AvgIpc) is 3.55. The first-order chi connectivity index (χ1) is 23.8. The second-order valence-corrected chi connectivity index (χ2v) is 13.3. The van der Waals surface area contributed by atoms with Gasteiger partial charge in [0.15, 0.2) is 28.8 Å². The van der Waals surface area contributed by atoms with Crippen LogP contribution >= 0.6 is 0 Å². The number of amides is 1. The quantitative estimate of drug-likeness (QED) is 0.305. The summed E-state index contributed by atoms with van der Waals surface area (Å²) < 4.78 is 28.0. The Bertz CT molecular complexity index is 1790. The van der Waals surface area contributed by atoms with Crippen molar-refractivity contribution >= 4 is 23.5 Å². The molecule has 2 saturated heterocycles. The maximum Gasteiger partial charge on any atom is 0.254 e. The molecule has 3 fully saturated rings. The first kappa shape index (κ1) is 33.1. The molecule has 3 aromatic carbocycles. The highest BCUT2D eigenvalue weighted by Gasteiger charge is 2.75. The van der Waals surface area contributed by atoms with Gasteiger partial charge in [0.2, 0.25) is 0 Å². The number of fused-ring (bicyclic) bond motifs is 3. The minimum Gasteiger partial charge on any atom is -0.493 e. The van der Waals surface area contributed by atoms with Crippen LogP contribution < -0.4 is 23.8 Å². The van der Waals surface area contributed by atoms with Crippen LogP contribution in [-0.2, 0) is 19.9 Å². The van der Waals surface area contributed by atoms with Gasteiger partial charge >= 0.3 is 0 Å². The van der Waals surface area contributed by atoms with Crippen LogP contribution in [0.5, 0.6) is 23.0 Å². The first-order valence-corrected chi connectivity index (χ1v) is 17.0. The number of rotatable bonds is 8. The maximum absolute atomic E-state index is 15.6. The number of hydrogen-bond acceptors (Lipinski definition) is 9. The van der Waals surface area contributed by atoms with E-state index in [1.807, 2.05) is 72.6 Å². The molecular formula is C39H45N3O7. The SMILES string of the molecule is COc1ccc(/C=C2\CCC[C@]3(C2=O)[C@H](c2ccc(OC)c(OC)c2)CN(C)[C@]32C(=O)N(CN3CCOCC3)c3ccccc32)cc1OC. The number of nitrogens with zero attached hydrogens (tertiary/aromatic N) is 3. The number of anilines is 1. The third-order valence-corrected chi connectivity index (χ3v) is 11.1. The van der Waals surface area contributed by atoms with Crippen molar-refractivity contribution in [1.29, 1.82) is 0 Å². The predicted molar refractivity (Wildman–Crippen MR) is 187 cm³/mol. The molecule has 258 valence electrons. The van der Waals surface area contributed by atoms with Crippen LogP contribution in [-0.4, -0.2) is 96.5 Å². The fourth-order valence-corrected chi connectivity index (χ4v) is 8.97. The molecule has 0 bridgehead atoms. The molecule has 0 unspecified atom stereocenters. The van der Waals surface area contributed by atoms with Gasteiger partial charge in [-0.25, -0.2) is 0 Å². The fourth-order valence-electron chi connectivity index (χ4n) is 8.97. The fraction of sp³-hybridized carbons (Fsp3) is 0.436. The van der Waals surface area contributed by atoms with E-state index >= 15 is 9.59 Å². The summed E-state index contributed by atoms with van der Waals surface area (Å²) in [4.78, 5) is 37.5. The second-order valence-electron chi connectivity index (χ2n) is 13.3. The van der Waals surface area contributed by atoms with E-state index in [2.05, 4.69) is 15.9 Å². The number of carbonyl (C=O) groups excluding carboxylic acids is 2. The predicted octanol–water partition coefficient (Wildman–Crippen LogP) is 5.10. The Balaban J connectivity index is 1.43. The van der Waals surface area contributed by atoms with Crippen LogP contribution in [0.15, 0.2) is 66.2 Å². The van der Waals surface area contributed by atoms with E-state index < -0.39 is 11.0 Å². The van der Waals surface area contributed by atoms with Gasteiger partial charge < -0.3 is 23.7 Å². The summed E-state index contributed by atoms with van der Waals surface area (Å²) in [5, 5.41) is 0. The molecule has 0 radical (unpaired) electrons. The van der Waals surface area contributed by atoms with Gasteiger partial charge in [0.05, 0.1) is 59.4 Å². The van der Waals surface area contributed by atoms with E-state index in [0.717, 1.165) is 41.9 Å². The summed E-state index contributed by atoms with van der Waals surface area (Å²) >= 11 is 0. The molecule has 4 aliphatic rings. The van der Waals surface area contributed by atoms with Crippen molar-refractivity contribution in [2.24, 2.45) is 5.41 Å². The molecule has 0 aromatic heterocycles. The zero-order chi connectivity index (χ0) is 34.3. The van der Waals surface area contributed by atoms with Crippen molar-refractivity contribution in [1.82, 2.24) is 9.80 Å². The smallest absolute Gasteiger partial charge is 0.254 e. The van der Waals surface area contributed by atoms with E-state index in [1.54, 1.807) is 28.4 Å². The van der Waals surface area contributed by atoms with Crippen LogP contribution in [0.1, 0.15) is 41.9 Å². The van der Waals surface area contributed by atoms with E-state index in [1.165, 1.54) is 0 Å². The van der Waals surface area contributed by atoms with Gasteiger partial charge in [0, 0.05) is 31.1 Å². The van der Waals surface area contributed by atoms with Gasteiger partial charge in [-0.15, -0.1) is 0 Å². The topological polar surface area (TPSA) is 90.0 Å². The lowest BCUT2D eigenvalue weighted by Gasteiger charge is -2.49. The van der Waals surface area contributed by atoms with Crippen LogP contribution in [0.25, 0.3) is 6.08 Å². The molecule has 3 aromatic rings. The highest BCUT2D eigenvalue weighted by atomic mass is 16.5. The molecule has 3 aliphatic heterocycles. The summed E-state index contributed by atoms with van der Waals surface area (Å²) in [6.07, 6.45) is 3.90. The summed E-state index contributed by atoms with van der Waals surface area (Å²) in [7, 11) is 8.45. The van der Waals surface area contributed by atoms with Gasteiger partial charge in [-0.2, -0.15) is 0 Å². The number of likely N-dealkylation sites (tertiary alicyclic amines) is 1. The Labute approximate surface area is 288 Å². The maximum atomic E-state index is 15.6. The lowest BCUT2D eigenvalue weighted by molar-refractivity contribution is -0.146. The highest BCUT2D eigenvalue weighted by Crippen LogP contribution is 2.67. The number of Topliss-reactive ketones (excluding diaryl/α,β-unsaturated/α-hetero) is 1. The molecule has 49 heavy (non-hydrogen) atoms. The van der Waals surface area contributed by atoms with Crippen molar-refractivity contribution in [3.63, 3.8) is 0 Å². The van der Waals surface area contributed by atoms with Crippen LogP contribution in [0.2, 0.25) is 0 Å². The number of ketones is 1. The van der Waals surface area contributed by atoms with E-state index in [4.69, 9.17) is 23.7 Å². The van der Waals surface area contributed by atoms with Crippen LogP contribution in [0.4, 0.5) is 5.69 Å². The lowest BCUT2D eigenvalue weighted by atomic mass is 9.53. The monoisotopic (exact) mass is 667 g/mol. The van der Waals surface area contributed by atoms with Crippen molar-refractivity contribution in [3.8, 4) is 23.0 Å². The van der Waals surface area contributed by atoms with Gasteiger partial charge in [-0.3, -0.25) is 24.3 Å². The molecule has 2 spiro atoms. The van der Waals surface area contributed by atoms with Crippen molar-refractivity contribution in [2.75, 3.05) is 79.9 Å². The molecular weight excluding hydrogens is 622 g/mol. The van der Waals surface area contributed by atoms with Gasteiger partial charge in [-0.05, 0) is 79.4 Å². The Morgan fingerprint density at radius 3 is 2.24 bits per heavy atom. The third kappa shape index (κ3) is 5.03. The van der Waals surface area contributed by atoms with Crippen molar-refractivity contribution in [3.05, 3.63) is 82.9 Å². The largest absolute Gasteiger partial charge is 0.493 e. The second kappa shape index (κ2) is 13.2. The highest BCUT2D eigenvalue weighted by molar-refractivity contribution is 6.16. The number of carbonyl (C=O) groups is 2. The van der Waals surface area contributed by atoms with Crippen LogP contribution in [0, 0.1) is 5.41 Å². The Morgan fingerprint density at radius 2 is 1.53 bits per heavy atom. The van der Waals surface area contributed by atoms with Crippen LogP contribution in [0.3, 0.4) is 0 Å². The minimum atomic E-state index is -1.22. The number of morpholine rings is 1. The van der Waals surface area contributed by atoms with Gasteiger partial charge in [-0.1, -0.05) is 30.3 Å². The molecule has 7 rings (SSSR count). The van der Waals surface area contributed by atoms with E-state index in [-0.39, 0.29) is 17.6 Å². The minimum absolute atomic E-state index is 0.00838. The molecule has 1 aliphatic carbocycles. The standard InChI is InChI=1S/C39H45N3O7/c1-40-24-30(27-13-15-33(46-3)35(23-27)48-5)38(16-8-9-28(36(38)43)21-26-12-14-32(45-2)34(22-26)47-4)39(40)29-10-6-7-11-31(29)42(37(39)44)25-41-17-19-49-20-18-41/h6-7,10-15,21-23,30H,8-9,16-20,24-25H2,1-5H3/b28-21+/t30-,38+,39+/m0/s1. The van der Waals surface area contributed by atoms with E-state index in [0.29, 0.717) is 67.8 Å². The number of likely N-dealkylation sites (N-methyl/N-ethyl adjacent to an activating group) is 1. The summed E-state index contributed by atoms with van der Waals surface area (Å²) in [6, 6.07) is 19.6. The van der Waals surface area contributed by atoms with Gasteiger partial charge in [0.25, 0.3) is 5.91 Å². The molecule has 1 amide bonds. The third-order valence-electron chi connectivity index (χ3n) is 11.1. The Hall–Kier alpha value is -4.38. The molecule has 10 heteroatoms. The summed E-state index contributed by atoms with van der Waals surface area (Å²) in [5.74, 6) is 2.07. The summed E-state index contributed by atoms with van der Waals surface area (Å²) in [5.41, 5.74) is 1.92. The lowest BCUT2D eigenvalue weighted by Crippen LogP contribution is -2.62. The average molecular weight is 668 g/mol. The zero-order valence-corrected chi connectivity index (χ0v) is 29.0. The molecule has 3 heterocycles. The molecule has 3 atom stereocenters. The normalized spacial score (nSPS) is 26.5. The molecule has 0 N–H and O–H groups in total. The number of allylic oxidation sites excluding steroid dienone is 1. The first-order valence-electron chi connectivity index (χ1n) is 17.0. The Kier molecular flexibility index (Phi) is 8.89. The summed E-state index contributed by atoms with van der Waals surface area (Å²) in [6.45, 7) is 3.69. The number of methoxy groups -OCH3 is 4. The zero-order valence-electron chi connectivity index (χ0n) is 29.0. The van der Waals surface area contributed by atoms with Gasteiger partial charge in [0.1, 0.15) is 5.54 Å².